The fourth-order valence-electron chi connectivity index (χ4n) is 0.666. The third-order valence-electron chi connectivity index (χ3n) is 1.08. The van der Waals surface area contributed by atoms with E-state index in [0.717, 1.165) is 0 Å². The van der Waals surface area contributed by atoms with Gasteiger partial charge in [-0.1, -0.05) is 10.2 Å². The van der Waals surface area contributed by atoms with E-state index in [9.17, 15) is 0 Å². The lowest BCUT2D eigenvalue weighted by atomic mass is 10.3. The van der Waals surface area contributed by atoms with Gasteiger partial charge in [0.15, 0.2) is 0 Å². The van der Waals surface area contributed by atoms with Crippen LogP contribution in [0.4, 0.5) is 11.4 Å². The van der Waals surface area contributed by atoms with Gasteiger partial charge in [-0.15, -0.1) is 0 Å². The molecule has 6 heteroatoms. The fourth-order valence-corrected chi connectivity index (χ4v) is 0.666. The van der Waals surface area contributed by atoms with Crippen molar-refractivity contribution in [2.45, 2.75) is 0 Å². The molecule has 0 atom stereocenters. The summed E-state index contributed by atoms with van der Waals surface area (Å²) in [6, 6.07) is 7.13. The Kier molecular flexibility index (Phi) is 2.57. The van der Waals surface area contributed by atoms with E-state index in [1.807, 2.05) is 0 Å². The van der Waals surface area contributed by atoms with E-state index in [0.29, 0.717) is 11.4 Å². The molecular weight excluding hydrogens is 156 g/mol. The summed E-state index contributed by atoms with van der Waals surface area (Å²) in [7, 11) is 0. The Morgan fingerprint density at radius 2 is 1.58 bits per heavy atom. The van der Waals surface area contributed by atoms with Gasteiger partial charge in [-0.3, -0.25) is 0 Å². The predicted octanol–water partition coefficient (Wildman–Crippen LogP) is 3.37. The van der Waals surface area contributed by atoms with Crippen molar-refractivity contribution in [1.82, 2.24) is 0 Å². The molecule has 0 aliphatic carbocycles. The van der Waals surface area contributed by atoms with E-state index in [-0.39, 0.29) is 0 Å². The monoisotopic (exact) mass is 159 g/mol. The highest BCUT2D eigenvalue weighted by molar-refractivity contribution is 5.49. The molecule has 0 spiro atoms. The molecule has 0 heterocycles. The highest BCUT2D eigenvalue weighted by Gasteiger charge is 1.89. The average Bonchev–Trinajstić information content (AvgIpc) is 2.06. The van der Waals surface area contributed by atoms with E-state index >= 15 is 0 Å². The summed E-state index contributed by atoms with van der Waals surface area (Å²) in [6.45, 7) is 0. The maximum Gasteiger partial charge on any atom is 0.0386 e. The molecular formula is C6H3N6. The van der Waals surface area contributed by atoms with E-state index < -0.39 is 0 Å². The van der Waals surface area contributed by atoms with Crippen molar-refractivity contribution in [2.24, 2.45) is 10.2 Å². The molecule has 1 rings (SSSR count). The van der Waals surface area contributed by atoms with Gasteiger partial charge in [0.2, 0.25) is 0 Å². The summed E-state index contributed by atoms with van der Waals surface area (Å²) < 4.78 is 0. The van der Waals surface area contributed by atoms with E-state index in [1.165, 1.54) is 18.2 Å². The first-order chi connectivity index (χ1) is 5.86. The van der Waals surface area contributed by atoms with E-state index in [2.05, 4.69) is 26.1 Å². The summed E-state index contributed by atoms with van der Waals surface area (Å²) in [5, 5.41) is 6.63. The number of hydrogen-bond donors (Lipinski definition) is 0. The molecule has 1 radical (unpaired) electrons. The molecule has 0 bridgehead atoms. The SMILES string of the molecule is [N-]=[N+]=Nc1c[c]cc(N=[N+]=[N-])c1. The third kappa shape index (κ3) is 1.91. The van der Waals surface area contributed by atoms with Crippen LogP contribution in [0.25, 0.3) is 20.9 Å². The first-order valence-corrected chi connectivity index (χ1v) is 2.98. The summed E-state index contributed by atoms with van der Waals surface area (Å²) in [5.74, 6) is 0. The van der Waals surface area contributed by atoms with Gasteiger partial charge in [0.05, 0.1) is 0 Å². The zero-order chi connectivity index (χ0) is 8.81. The molecule has 57 valence electrons. The highest BCUT2D eigenvalue weighted by Crippen LogP contribution is 2.19. The number of rotatable bonds is 2. The number of nitrogens with zero attached hydrogens (tertiary/aromatic N) is 6. The highest BCUT2D eigenvalue weighted by atomic mass is 15.1. The van der Waals surface area contributed by atoms with Gasteiger partial charge in [-0.25, -0.2) is 0 Å². The zero-order valence-corrected chi connectivity index (χ0v) is 5.92. The van der Waals surface area contributed by atoms with Gasteiger partial charge in [-0.05, 0) is 35.3 Å². The maximum atomic E-state index is 8.08. The van der Waals surface area contributed by atoms with Crippen LogP contribution in [0, 0.1) is 6.07 Å². The van der Waals surface area contributed by atoms with E-state index in [1.54, 1.807) is 0 Å². The van der Waals surface area contributed by atoms with Crippen LogP contribution in [0.15, 0.2) is 28.4 Å². The lowest BCUT2D eigenvalue weighted by Crippen LogP contribution is -1.62. The molecule has 1 aromatic rings. The van der Waals surface area contributed by atoms with Crippen molar-refractivity contribution < 1.29 is 0 Å². The number of hydrogen-bond acceptors (Lipinski definition) is 2. The molecule has 6 nitrogen and oxygen atoms in total. The Labute approximate surface area is 67.7 Å². The minimum atomic E-state index is 0.377. The van der Waals surface area contributed by atoms with Gasteiger partial charge in [0.1, 0.15) is 0 Å². The van der Waals surface area contributed by atoms with Crippen molar-refractivity contribution in [3.05, 3.63) is 45.2 Å². The van der Waals surface area contributed by atoms with E-state index in [4.69, 9.17) is 11.1 Å². The third-order valence-corrected chi connectivity index (χ3v) is 1.08. The minimum Gasteiger partial charge on any atom is -0.0607 e. The van der Waals surface area contributed by atoms with Crippen molar-refractivity contribution in [2.75, 3.05) is 0 Å². The lowest BCUT2D eigenvalue weighted by molar-refractivity contribution is 1.42. The van der Waals surface area contributed by atoms with Crippen LogP contribution in [-0.4, -0.2) is 0 Å². The largest absolute Gasteiger partial charge is 0.0607 e. The second-order valence-electron chi connectivity index (χ2n) is 1.83. The standard InChI is InChI=1S/C6H3N6/c7-11-9-5-2-1-3-6(4-5)10-12-8/h2-4H. The quantitative estimate of drug-likeness (QED) is 0.359. The van der Waals surface area contributed by atoms with Gasteiger partial charge in [0, 0.05) is 21.2 Å². The van der Waals surface area contributed by atoms with Crippen molar-refractivity contribution in [3.8, 4) is 0 Å². The fraction of sp³-hybridized carbons (Fsp3) is 0. The molecule has 0 aromatic heterocycles. The molecule has 0 fully saturated rings. The first-order valence-electron chi connectivity index (χ1n) is 2.98. The second-order valence-corrected chi connectivity index (χ2v) is 1.83. The zero-order valence-electron chi connectivity index (χ0n) is 5.92. The van der Waals surface area contributed by atoms with Crippen LogP contribution >= 0.6 is 0 Å². The first kappa shape index (κ1) is 7.94. The Bertz CT molecular complexity index is 338. The molecule has 0 saturated carbocycles. The maximum absolute atomic E-state index is 8.08. The topological polar surface area (TPSA) is 97.5 Å². The van der Waals surface area contributed by atoms with Gasteiger partial charge >= 0.3 is 0 Å². The number of azide groups is 2. The van der Waals surface area contributed by atoms with Gasteiger partial charge in [-0.2, -0.15) is 0 Å². The normalized spacial score (nSPS) is 8.00. The minimum absolute atomic E-state index is 0.377. The summed E-state index contributed by atoms with van der Waals surface area (Å²) in [5.41, 5.74) is 16.9. The lowest BCUT2D eigenvalue weighted by Gasteiger charge is -1.90. The molecule has 0 N–H and O–H groups in total. The van der Waals surface area contributed by atoms with Crippen LogP contribution in [0.1, 0.15) is 0 Å². The van der Waals surface area contributed by atoms with Crippen LogP contribution in [-0.2, 0) is 0 Å². The molecule has 1 aromatic carbocycles. The Balaban J connectivity index is 3.11. The van der Waals surface area contributed by atoms with Crippen LogP contribution in [0.3, 0.4) is 0 Å². The predicted molar refractivity (Wildman–Crippen MR) is 42.9 cm³/mol. The molecule has 0 aliphatic rings. The summed E-state index contributed by atoms with van der Waals surface area (Å²) >= 11 is 0. The molecule has 0 unspecified atom stereocenters. The van der Waals surface area contributed by atoms with Gasteiger partial charge < -0.3 is 0 Å². The Morgan fingerprint density at radius 3 is 2.00 bits per heavy atom. The van der Waals surface area contributed by atoms with Crippen molar-refractivity contribution in [3.63, 3.8) is 0 Å². The summed E-state index contributed by atoms with van der Waals surface area (Å²) in [4.78, 5) is 5.15. The van der Waals surface area contributed by atoms with Gasteiger partial charge in [0.25, 0.3) is 0 Å². The van der Waals surface area contributed by atoms with Crippen LogP contribution < -0.4 is 0 Å². The molecule has 0 saturated heterocycles. The second kappa shape index (κ2) is 3.88. The van der Waals surface area contributed by atoms with Crippen LogP contribution in [0.2, 0.25) is 0 Å². The van der Waals surface area contributed by atoms with Crippen molar-refractivity contribution in [1.29, 1.82) is 0 Å². The number of benzene rings is 1. The molecule has 12 heavy (non-hydrogen) atoms. The summed E-state index contributed by atoms with van der Waals surface area (Å²) in [6.07, 6.45) is 0. The van der Waals surface area contributed by atoms with Crippen LogP contribution in [0.5, 0.6) is 0 Å². The van der Waals surface area contributed by atoms with Crippen molar-refractivity contribution >= 4 is 11.4 Å². The molecule has 0 aliphatic heterocycles. The Hall–Kier alpha value is -2.16. The smallest absolute Gasteiger partial charge is 0.0386 e. The Morgan fingerprint density at radius 1 is 1.08 bits per heavy atom. The molecule has 0 amide bonds. The average molecular weight is 159 g/mol.